The summed E-state index contributed by atoms with van der Waals surface area (Å²) >= 11 is 0. The Labute approximate surface area is 173 Å². The number of Topliss-reactive ketones (excluding diaryl/α,β-unsaturated/α-hetero) is 1. The number of rotatable bonds is 7. The SMILES string of the molecule is Cc1cc(C(=O)COC(=O)c2ccccc2-n2cnnn2)c(C)n1C[C@H]1CCCO1. The standard InChI is InChI=1S/C21H23N5O4/c1-14-10-18(15(2)25(14)11-16-6-5-9-29-16)20(27)12-30-21(28)17-7-3-4-8-19(17)26-13-22-23-24-26/h3-4,7-8,10,13,16H,5-6,9,11-12H2,1-2H3/t16-/m1/s1. The Balaban J connectivity index is 1.45. The Bertz CT molecular complexity index is 1050. The molecule has 1 fully saturated rings. The largest absolute Gasteiger partial charge is 0.454 e. The van der Waals surface area contributed by atoms with Crippen LogP contribution in [0.2, 0.25) is 0 Å². The number of carbonyl (C=O) groups is 2. The molecule has 4 rings (SSSR count). The predicted octanol–water partition coefficient (Wildman–Crippen LogP) is 2.30. The molecule has 9 heteroatoms. The molecule has 0 bridgehead atoms. The molecule has 3 heterocycles. The Morgan fingerprint density at radius 2 is 2.07 bits per heavy atom. The predicted molar refractivity (Wildman–Crippen MR) is 107 cm³/mol. The van der Waals surface area contributed by atoms with E-state index in [0.717, 1.165) is 37.4 Å². The van der Waals surface area contributed by atoms with Crippen molar-refractivity contribution in [3.63, 3.8) is 0 Å². The van der Waals surface area contributed by atoms with Gasteiger partial charge in [-0.25, -0.2) is 4.79 Å². The van der Waals surface area contributed by atoms with Gasteiger partial charge in [0, 0.05) is 30.1 Å². The number of hydrogen-bond donors (Lipinski definition) is 0. The van der Waals surface area contributed by atoms with Gasteiger partial charge in [-0.3, -0.25) is 4.79 Å². The van der Waals surface area contributed by atoms with Crippen molar-refractivity contribution >= 4 is 11.8 Å². The molecule has 156 valence electrons. The van der Waals surface area contributed by atoms with Gasteiger partial charge in [0.25, 0.3) is 0 Å². The fraction of sp³-hybridized carbons (Fsp3) is 0.381. The summed E-state index contributed by atoms with van der Waals surface area (Å²) in [6, 6.07) is 8.63. The fourth-order valence-electron chi connectivity index (χ4n) is 3.76. The molecule has 0 aliphatic carbocycles. The van der Waals surface area contributed by atoms with Crippen LogP contribution in [0.5, 0.6) is 0 Å². The summed E-state index contributed by atoms with van der Waals surface area (Å²) in [5, 5.41) is 11.0. The van der Waals surface area contributed by atoms with E-state index in [1.807, 2.05) is 19.9 Å². The quantitative estimate of drug-likeness (QED) is 0.436. The van der Waals surface area contributed by atoms with Crippen LogP contribution in [-0.4, -0.2) is 55.8 Å². The van der Waals surface area contributed by atoms with Crippen LogP contribution in [0.25, 0.3) is 5.69 Å². The zero-order valence-electron chi connectivity index (χ0n) is 16.9. The minimum absolute atomic E-state index is 0.179. The van der Waals surface area contributed by atoms with E-state index in [1.54, 1.807) is 24.3 Å². The maximum absolute atomic E-state index is 12.8. The summed E-state index contributed by atoms with van der Waals surface area (Å²) in [5.41, 5.74) is 3.17. The number of para-hydroxylation sites is 1. The summed E-state index contributed by atoms with van der Waals surface area (Å²) < 4.78 is 14.5. The van der Waals surface area contributed by atoms with Crippen molar-refractivity contribution in [3.8, 4) is 5.69 Å². The molecule has 0 radical (unpaired) electrons. The molecular weight excluding hydrogens is 386 g/mol. The van der Waals surface area contributed by atoms with Crippen molar-refractivity contribution in [2.75, 3.05) is 13.2 Å². The molecule has 2 aromatic heterocycles. The van der Waals surface area contributed by atoms with Gasteiger partial charge in [0.2, 0.25) is 5.78 Å². The number of tetrazole rings is 1. The second kappa shape index (κ2) is 8.58. The zero-order valence-corrected chi connectivity index (χ0v) is 16.9. The lowest BCUT2D eigenvalue weighted by molar-refractivity contribution is 0.0474. The van der Waals surface area contributed by atoms with Gasteiger partial charge in [-0.15, -0.1) is 5.10 Å². The second-order valence-electron chi connectivity index (χ2n) is 7.30. The van der Waals surface area contributed by atoms with E-state index in [1.165, 1.54) is 11.0 Å². The Kier molecular flexibility index (Phi) is 5.71. The first-order valence-corrected chi connectivity index (χ1v) is 9.85. The van der Waals surface area contributed by atoms with Crippen molar-refractivity contribution < 1.29 is 19.1 Å². The number of ketones is 1. The molecule has 1 aromatic carbocycles. The summed E-state index contributed by atoms with van der Waals surface area (Å²) in [4.78, 5) is 25.4. The molecule has 9 nitrogen and oxygen atoms in total. The van der Waals surface area contributed by atoms with E-state index in [0.29, 0.717) is 11.3 Å². The summed E-state index contributed by atoms with van der Waals surface area (Å²) in [5.74, 6) is -0.849. The van der Waals surface area contributed by atoms with E-state index < -0.39 is 5.97 Å². The highest BCUT2D eigenvalue weighted by Crippen LogP contribution is 2.21. The minimum Gasteiger partial charge on any atom is -0.454 e. The van der Waals surface area contributed by atoms with Gasteiger partial charge in [-0.05, 0) is 55.3 Å². The number of esters is 1. The van der Waals surface area contributed by atoms with E-state index >= 15 is 0 Å². The normalized spacial score (nSPS) is 16.0. The average molecular weight is 409 g/mol. The molecule has 0 spiro atoms. The van der Waals surface area contributed by atoms with Crippen LogP contribution < -0.4 is 0 Å². The molecule has 0 N–H and O–H groups in total. The zero-order chi connectivity index (χ0) is 21.1. The monoisotopic (exact) mass is 409 g/mol. The minimum atomic E-state index is -0.609. The molecular formula is C21H23N5O4. The molecule has 30 heavy (non-hydrogen) atoms. The average Bonchev–Trinajstić information content (AvgIpc) is 3.51. The van der Waals surface area contributed by atoms with Gasteiger partial charge in [0.05, 0.1) is 17.4 Å². The first kappa shape index (κ1) is 20.0. The van der Waals surface area contributed by atoms with Gasteiger partial charge < -0.3 is 14.0 Å². The molecule has 0 saturated carbocycles. The number of benzene rings is 1. The van der Waals surface area contributed by atoms with E-state index in [-0.39, 0.29) is 24.1 Å². The topological polar surface area (TPSA) is 101 Å². The lowest BCUT2D eigenvalue weighted by Crippen LogP contribution is -2.18. The van der Waals surface area contributed by atoms with Crippen molar-refractivity contribution in [3.05, 3.63) is 59.2 Å². The van der Waals surface area contributed by atoms with Crippen molar-refractivity contribution in [1.82, 2.24) is 24.8 Å². The summed E-state index contributed by atoms with van der Waals surface area (Å²) in [7, 11) is 0. The highest BCUT2D eigenvalue weighted by atomic mass is 16.5. The van der Waals surface area contributed by atoms with E-state index in [2.05, 4.69) is 20.1 Å². The van der Waals surface area contributed by atoms with E-state index in [9.17, 15) is 9.59 Å². The number of carbonyl (C=O) groups excluding carboxylic acids is 2. The van der Waals surface area contributed by atoms with Crippen LogP contribution in [0.15, 0.2) is 36.7 Å². The Morgan fingerprint density at radius 1 is 1.23 bits per heavy atom. The molecule has 1 aliphatic heterocycles. The van der Waals surface area contributed by atoms with Crippen LogP contribution >= 0.6 is 0 Å². The van der Waals surface area contributed by atoms with Crippen LogP contribution in [-0.2, 0) is 16.0 Å². The molecule has 1 atom stereocenters. The lowest BCUT2D eigenvalue weighted by atomic mass is 10.1. The number of hydrogen-bond acceptors (Lipinski definition) is 7. The third kappa shape index (κ3) is 4.02. The van der Waals surface area contributed by atoms with Gasteiger partial charge in [0.1, 0.15) is 6.33 Å². The number of nitrogens with zero attached hydrogens (tertiary/aromatic N) is 5. The fourth-order valence-corrected chi connectivity index (χ4v) is 3.76. The Hall–Kier alpha value is -3.33. The Morgan fingerprint density at radius 3 is 2.80 bits per heavy atom. The van der Waals surface area contributed by atoms with E-state index in [4.69, 9.17) is 9.47 Å². The smallest absolute Gasteiger partial charge is 0.340 e. The molecule has 3 aromatic rings. The van der Waals surface area contributed by atoms with Gasteiger partial charge in [-0.2, -0.15) is 4.68 Å². The van der Waals surface area contributed by atoms with Crippen LogP contribution in [0.3, 0.4) is 0 Å². The summed E-state index contributed by atoms with van der Waals surface area (Å²) in [6.07, 6.45) is 3.66. The third-order valence-electron chi connectivity index (χ3n) is 5.34. The van der Waals surface area contributed by atoms with Crippen LogP contribution in [0, 0.1) is 13.8 Å². The number of ether oxygens (including phenoxy) is 2. The molecule has 0 amide bonds. The second-order valence-corrected chi connectivity index (χ2v) is 7.30. The van der Waals surface area contributed by atoms with Gasteiger partial charge in [0.15, 0.2) is 6.61 Å². The maximum Gasteiger partial charge on any atom is 0.340 e. The molecule has 0 unspecified atom stereocenters. The first-order chi connectivity index (χ1) is 14.5. The molecule has 1 saturated heterocycles. The first-order valence-electron chi connectivity index (χ1n) is 9.85. The van der Waals surface area contributed by atoms with Crippen molar-refractivity contribution in [2.24, 2.45) is 0 Å². The van der Waals surface area contributed by atoms with Crippen LogP contribution in [0.4, 0.5) is 0 Å². The molecule has 1 aliphatic rings. The highest BCUT2D eigenvalue weighted by Gasteiger charge is 2.22. The summed E-state index contributed by atoms with van der Waals surface area (Å²) in [6.45, 7) is 5.05. The maximum atomic E-state index is 12.8. The van der Waals surface area contributed by atoms with Crippen molar-refractivity contribution in [2.45, 2.75) is 39.3 Å². The van der Waals surface area contributed by atoms with Crippen LogP contribution in [0.1, 0.15) is 44.9 Å². The van der Waals surface area contributed by atoms with Crippen molar-refractivity contribution in [1.29, 1.82) is 0 Å². The van der Waals surface area contributed by atoms with Gasteiger partial charge >= 0.3 is 5.97 Å². The number of aromatic nitrogens is 5. The lowest BCUT2D eigenvalue weighted by Gasteiger charge is -2.14. The third-order valence-corrected chi connectivity index (χ3v) is 5.34. The van der Waals surface area contributed by atoms with Gasteiger partial charge in [-0.1, -0.05) is 12.1 Å². The highest BCUT2D eigenvalue weighted by molar-refractivity contribution is 6.01. The number of aryl methyl sites for hydroxylation is 1.